The number of benzene rings is 4. The highest BCUT2D eigenvalue weighted by atomic mass is 16.5. The molecule has 312 valence electrons. The van der Waals surface area contributed by atoms with Gasteiger partial charge >= 0.3 is 0 Å². The molecule has 4 aromatic carbocycles. The summed E-state index contributed by atoms with van der Waals surface area (Å²) < 4.78 is 46.1. The number of hydrogen-bond donors (Lipinski definition) is 0. The van der Waals surface area contributed by atoms with Crippen molar-refractivity contribution in [1.82, 2.24) is 9.80 Å². The molecular formula is C47H54N2O10. The zero-order valence-electron chi connectivity index (χ0n) is 35.3. The van der Waals surface area contributed by atoms with Gasteiger partial charge in [0.05, 0.1) is 69.0 Å². The van der Waals surface area contributed by atoms with E-state index >= 15 is 0 Å². The molecule has 0 N–H and O–H groups in total. The molecule has 3 aliphatic rings. The van der Waals surface area contributed by atoms with Crippen LogP contribution >= 0.6 is 0 Å². The Kier molecular flexibility index (Phi) is 12.4. The normalized spacial score (nSPS) is 18.4. The van der Waals surface area contributed by atoms with Crippen molar-refractivity contribution >= 4 is 17.9 Å². The molecule has 0 radical (unpaired) electrons. The molecule has 0 aliphatic carbocycles. The number of carbonyl (C=O) groups excluding carboxylic acids is 2. The van der Waals surface area contributed by atoms with Gasteiger partial charge in [-0.3, -0.25) is 9.59 Å². The van der Waals surface area contributed by atoms with Crippen molar-refractivity contribution < 1.29 is 47.5 Å². The summed E-state index contributed by atoms with van der Waals surface area (Å²) in [5.41, 5.74) is 8.05. The van der Waals surface area contributed by atoms with E-state index in [9.17, 15) is 9.59 Å². The van der Waals surface area contributed by atoms with E-state index in [0.29, 0.717) is 91.2 Å². The number of hydrogen-bond acceptors (Lipinski definition) is 10. The number of fused-ring (bicyclic) bond motifs is 8. The second-order valence-corrected chi connectivity index (χ2v) is 14.9. The van der Waals surface area contributed by atoms with Gasteiger partial charge in [0.1, 0.15) is 0 Å². The predicted molar refractivity (Wildman–Crippen MR) is 224 cm³/mol. The van der Waals surface area contributed by atoms with Crippen LogP contribution in [0.4, 0.5) is 0 Å². The van der Waals surface area contributed by atoms with Crippen LogP contribution < -0.4 is 37.9 Å². The number of allylic oxidation sites excluding steroid dienone is 1. The number of rotatable bonds is 8. The van der Waals surface area contributed by atoms with Gasteiger partial charge in [-0.15, -0.1) is 0 Å². The van der Waals surface area contributed by atoms with Gasteiger partial charge in [0.25, 0.3) is 0 Å². The molecule has 0 saturated carbocycles. The van der Waals surface area contributed by atoms with Gasteiger partial charge in [0.15, 0.2) is 46.0 Å². The molecular weight excluding hydrogens is 753 g/mol. The number of nitrogens with zero attached hydrogens (tertiary/aromatic N) is 2. The summed E-state index contributed by atoms with van der Waals surface area (Å²) >= 11 is 0. The Hall–Kier alpha value is -6.04. The first kappa shape index (κ1) is 41.1. The van der Waals surface area contributed by atoms with E-state index in [-0.39, 0.29) is 36.7 Å². The zero-order chi connectivity index (χ0) is 41.8. The van der Waals surface area contributed by atoms with Gasteiger partial charge in [-0.2, -0.15) is 0 Å². The van der Waals surface area contributed by atoms with Gasteiger partial charge in [0, 0.05) is 25.9 Å². The first-order chi connectivity index (χ1) is 28.7. The van der Waals surface area contributed by atoms with E-state index in [1.807, 2.05) is 58.3 Å². The summed E-state index contributed by atoms with van der Waals surface area (Å²) in [5.74, 6) is 4.67. The molecule has 0 aromatic heterocycles. The molecule has 2 atom stereocenters. The summed E-state index contributed by atoms with van der Waals surface area (Å²) in [4.78, 5) is 33.0. The fraction of sp³-hybridized carbons (Fsp3) is 0.404. The summed E-state index contributed by atoms with van der Waals surface area (Å²) in [5, 5.41) is 0. The molecule has 59 heavy (non-hydrogen) atoms. The summed E-state index contributed by atoms with van der Waals surface area (Å²) in [6.45, 7) is 0.974. The van der Waals surface area contributed by atoms with Crippen LogP contribution in [0.1, 0.15) is 69.4 Å². The van der Waals surface area contributed by atoms with Crippen LogP contribution in [0.2, 0.25) is 0 Å². The van der Waals surface area contributed by atoms with E-state index in [1.165, 1.54) is 0 Å². The minimum atomic E-state index is -0.364. The van der Waals surface area contributed by atoms with E-state index in [2.05, 4.69) is 12.2 Å². The van der Waals surface area contributed by atoms with Crippen molar-refractivity contribution in [2.75, 3.05) is 70.0 Å². The first-order valence-electron chi connectivity index (χ1n) is 19.9. The van der Waals surface area contributed by atoms with Crippen LogP contribution in [0.5, 0.6) is 46.0 Å². The average Bonchev–Trinajstić information content (AvgIpc) is 3.27. The third kappa shape index (κ3) is 8.05. The Balaban J connectivity index is 1.40. The number of methoxy groups -OCH3 is 8. The van der Waals surface area contributed by atoms with Gasteiger partial charge in [-0.1, -0.05) is 12.2 Å². The SMILES string of the molecule is COc1cc2c(cc1OC)C[C@@H]1c3cc(OC)c(OC)cc3CCN1C(=O)CCC(=O)N1CCc3cc(OC)c(OC)cc3[C@@H]1Cc1cc(OC)c(OC)cc1C/C=C/2. The van der Waals surface area contributed by atoms with Crippen LogP contribution in [0.25, 0.3) is 6.08 Å². The number of amides is 2. The van der Waals surface area contributed by atoms with Crippen molar-refractivity contribution in [3.63, 3.8) is 0 Å². The lowest BCUT2D eigenvalue weighted by atomic mass is 9.86. The molecule has 0 unspecified atom stereocenters. The second-order valence-electron chi connectivity index (χ2n) is 14.9. The van der Waals surface area contributed by atoms with Crippen molar-refractivity contribution in [2.45, 2.75) is 57.0 Å². The third-order valence-corrected chi connectivity index (χ3v) is 12.0. The van der Waals surface area contributed by atoms with Crippen LogP contribution in [-0.4, -0.2) is 91.6 Å². The maximum absolute atomic E-state index is 14.6. The van der Waals surface area contributed by atoms with E-state index in [0.717, 1.165) is 44.5 Å². The first-order valence-corrected chi connectivity index (χ1v) is 19.9. The summed E-state index contributed by atoms with van der Waals surface area (Å²) in [6.07, 6.45) is 7.12. The Morgan fingerprint density at radius 2 is 0.780 bits per heavy atom. The van der Waals surface area contributed by atoms with E-state index < -0.39 is 0 Å². The van der Waals surface area contributed by atoms with Crippen molar-refractivity contribution in [2.24, 2.45) is 0 Å². The quantitative estimate of drug-likeness (QED) is 0.182. The lowest BCUT2D eigenvalue weighted by Crippen LogP contribution is -2.43. The molecule has 0 saturated heterocycles. The molecule has 12 heteroatoms. The molecule has 0 fully saturated rings. The van der Waals surface area contributed by atoms with Crippen LogP contribution in [0, 0.1) is 0 Å². The lowest BCUT2D eigenvalue weighted by Gasteiger charge is -2.39. The minimum absolute atomic E-state index is 0.0558. The van der Waals surface area contributed by atoms with Crippen molar-refractivity contribution in [3.8, 4) is 46.0 Å². The maximum Gasteiger partial charge on any atom is 0.223 e. The Bertz CT molecular complexity index is 2250. The van der Waals surface area contributed by atoms with Crippen molar-refractivity contribution in [1.29, 1.82) is 0 Å². The van der Waals surface area contributed by atoms with Gasteiger partial charge < -0.3 is 47.7 Å². The standard InChI is InChI=1S/C47H54N2O10/c1-52-38-20-28-10-9-11-29-21-39(53-2)43(57-6)25-33(29)19-37-35-27-45(59-8)41(55-4)23-31(35)15-17-49(37)47(51)13-12-46(50)48-16-14-30-22-40(54-3)44(58-7)26-34(30)36(48)18-32(28)24-42(38)56-5/h9-10,20-27,36-37H,11-19H2,1-8H3/b10-9+/t36-,37+/m1/s1. The fourth-order valence-electron chi connectivity index (χ4n) is 8.94. The Morgan fingerprint density at radius 3 is 1.22 bits per heavy atom. The number of ether oxygens (including phenoxy) is 8. The Labute approximate surface area is 346 Å². The topological polar surface area (TPSA) is 114 Å². The van der Waals surface area contributed by atoms with E-state index in [1.54, 1.807) is 56.9 Å². The maximum atomic E-state index is 14.6. The predicted octanol–water partition coefficient (Wildman–Crippen LogP) is 7.14. The highest BCUT2D eigenvalue weighted by Gasteiger charge is 2.36. The summed E-state index contributed by atoms with van der Waals surface area (Å²) in [6, 6.07) is 15.3. The van der Waals surface area contributed by atoms with Crippen molar-refractivity contribution in [3.05, 3.63) is 99.1 Å². The highest BCUT2D eigenvalue weighted by Crippen LogP contribution is 2.44. The molecule has 0 spiro atoms. The second kappa shape index (κ2) is 17.8. The zero-order valence-corrected chi connectivity index (χ0v) is 35.3. The average molecular weight is 807 g/mol. The van der Waals surface area contributed by atoms with Crippen LogP contribution in [0.3, 0.4) is 0 Å². The molecule has 3 heterocycles. The third-order valence-electron chi connectivity index (χ3n) is 12.0. The molecule has 4 aromatic rings. The summed E-state index contributed by atoms with van der Waals surface area (Å²) in [7, 11) is 13.0. The largest absolute Gasteiger partial charge is 0.493 e. The molecule has 7 rings (SSSR count). The van der Waals surface area contributed by atoms with Crippen LogP contribution in [-0.2, 0) is 41.7 Å². The molecule has 12 nitrogen and oxygen atoms in total. The Morgan fingerprint density at radius 1 is 0.424 bits per heavy atom. The fourth-order valence-corrected chi connectivity index (χ4v) is 8.94. The molecule has 3 aliphatic heterocycles. The highest BCUT2D eigenvalue weighted by molar-refractivity contribution is 5.85. The van der Waals surface area contributed by atoms with E-state index in [4.69, 9.17) is 37.9 Å². The van der Waals surface area contributed by atoms with Gasteiger partial charge in [-0.05, 0) is 125 Å². The van der Waals surface area contributed by atoms with Crippen LogP contribution in [0.15, 0.2) is 54.6 Å². The van der Waals surface area contributed by atoms with Gasteiger partial charge in [-0.25, -0.2) is 0 Å². The monoisotopic (exact) mass is 806 g/mol. The minimum Gasteiger partial charge on any atom is -0.493 e. The van der Waals surface area contributed by atoms with Gasteiger partial charge in [0.2, 0.25) is 11.8 Å². The number of carbonyl (C=O) groups is 2. The smallest absolute Gasteiger partial charge is 0.223 e. The molecule has 0 bridgehead atoms. The lowest BCUT2D eigenvalue weighted by molar-refractivity contribution is -0.140. The molecule has 2 amide bonds.